The molecule has 0 aliphatic heterocycles. The first kappa shape index (κ1) is 9.71. The number of benzene rings is 1. The number of aryl methyl sites for hydroxylation is 3. The Morgan fingerprint density at radius 1 is 1.27 bits per heavy atom. The number of hydrogen-bond acceptors (Lipinski definition) is 3. The van der Waals surface area contributed by atoms with Gasteiger partial charge in [0.15, 0.2) is 5.82 Å². The van der Waals surface area contributed by atoms with Gasteiger partial charge in [0.25, 0.3) is 0 Å². The third-order valence-corrected chi connectivity index (χ3v) is 2.51. The van der Waals surface area contributed by atoms with E-state index in [1.54, 1.807) is 4.68 Å². The highest BCUT2D eigenvalue weighted by molar-refractivity contribution is 5.61. The minimum Gasteiger partial charge on any atom is -0.399 e. The van der Waals surface area contributed by atoms with E-state index in [0.717, 1.165) is 28.5 Å². The maximum atomic E-state index is 5.76. The van der Waals surface area contributed by atoms with Gasteiger partial charge in [-0.25, -0.2) is 4.98 Å². The van der Waals surface area contributed by atoms with Gasteiger partial charge >= 0.3 is 0 Å². The zero-order valence-corrected chi connectivity index (χ0v) is 9.15. The lowest BCUT2D eigenvalue weighted by Crippen LogP contribution is -1.93. The van der Waals surface area contributed by atoms with Crippen LogP contribution in [-0.2, 0) is 7.05 Å². The molecule has 1 aromatic carbocycles. The van der Waals surface area contributed by atoms with Crippen molar-refractivity contribution in [3.05, 3.63) is 29.6 Å². The van der Waals surface area contributed by atoms with Crippen LogP contribution in [0.4, 0.5) is 5.69 Å². The average molecular weight is 202 g/mol. The predicted molar refractivity (Wildman–Crippen MR) is 60.3 cm³/mol. The lowest BCUT2D eigenvalue weighted by molar-refractivity contribution is 0.736. The molecule has 0 radical (unpaired) electrons. The fourth-order valence-corrected chi connectivity index (χ4v) is 1.40. The van der Waals surface area contributed by atoms with Crippen molar-refractivity contribution >= 4 is 5.69 Å². The Kier molecular flexibility index (Phi) is 2.19. The molecule has 15 heavy (non-hydrogen) atoms. The number of anilines is 1. The Balaban J connectivity index is 2.49. The van der Waals surface area contributed by atoms with Gasteiger partial charge in [-0.1, -0.05) is 0 Å². The highest BCUT2D eigenvalue weighted by Crippen LogP contribution is 2.20. The zero-order chi connectivity index (χ0) is 11.0. The Morgan fingerprint density at radius 2 is 2.00 bits per heavy atom. The number of rotatable bonds is 1. The molecule has 0 aliphatic carbocycles. The number of nitrogens with zero attached hydrogens (tertiary/aromatic N) is 3. The van der Waals surface area contributed by atoms with Gasteiger partial charge in [-0.05, 0) is 37.6 Å². The van der Waals surface area contributed by atoms with E-state index in [4.69, 9.17) is 5.73 Å². The van der Waals surface area contributed by atoms with E-state index in [2.05, 4.69) is 10.1 Å². The largest absolute Gasteiger partial charge is 0.399 e. The number of hydrogen-bond donors (Lipinski definition) is 1. The normalized spacial score (nSPS) is 10.6. The van der Waals surface area contributed by atoms with Gasteiger partial charge in [-0.3, -0.25) is 4.68 Å². The van der Waals surface area contributed by atoms with Crippen LogP contribution in [-0.4, -0.2) is 14.8 Å². The molecule has 0 saturated heterocycles. The second-order valence-electron chi connectivity index (χ2n) is 3.68. The molecule has 0 atom stereocenters. The maximum absolute atomic E-state index is 5.76. The Labute approximate surface area is 88.8 Å². The minimum absolute atomic E-state index is 0.748. The van der Waals surface area contributed by atoms with Gasteiger partial charge in [0.1, 0.15) is 5.82 Å². The fourth-order valence-electron chi connectivity index (χ4n) is 1.40. The zero-order valence-electron chi connectivity index (χ0n) is 9.15. The van der Waals surface area contributed by atoms with Crippen molar-refractivity contribution in [1.29, 1.82) is 0 Å². The van der Waals surface area contributed by atoms with Crippen LogP contribution in [0, 0.1) is 13.8 Å². The minimum atomic E-state index is 0.748. The van der Waals surface area contributed by atoms with Crippen molar-refractivity contribution in [3.63, 3.8) is 0 Å². The van der Waals surface area contributed by atoms with Crippen LogP contribution >= 0.6 is 0 Å². The van der Waals surface area contributed by atoms with Gasteiger partial charge in [-0.2, -0.15) is 5.10 Å². The summed E-state index contributed by atoms with van der Waals surface area (Å²) in [5.74, 6) is 1.65. The standard InChI is InChI=1S/C11H14N4/c1-7-6-9(4-5-10(7)12)11-13-8(2)15(3)14-11/h4-6H,12H2,1-3H3. The summed E-state index contributed by atoms with van der Waals surface area (Å²) in [5, 5.41) is 4.32. The molecule has 2 N–H and O–H groups in total. The van der Waals surface area contributed by atoms with E-state index in [1.165, 1.54) is 0 Å². The first-order chi connectivity index (χ1) is 7.08. The summed E-state index contributed by atoms with van der Waals surface area (Å²) in [6.07, 6.45) is 0. The van der Waals surface area contributed by atoms with Gasteiger partial charge in [0.2, 0.25) is 0 Å². The Morgan fingerprint density at radius 3 is 2.53 bits per heavy atom. The number of nitrogen functional groups attached to an aromatic ring is 1. The molecule has 0 unspecified atom stereocenters. The summed E-state index contributed by atoms with van der Waals surface area (Å²) in [7, 11) is 1.88. The third kappa shape index (κ3) is 1.70. The molecular weight excluding hydrogens is 188 g/mol. The summed E-state index contributed by atoms with van der Waals surface area (Å²) in [6.45, 7) is 3.91. The lowest BCUT2D eigenvalue weighted by atomic mass is 10.1. The molecule has 0 aliphatic rings. The van der Waals surface area contributed by atoms with Crippen molar-refractivity contribution in [3.8, 4) is 11.4 Å². The molecular formula is C11H14N4. The Bertz CT molecular complexity index is 480. The summed E-state index contributed by atoms with van der Waals surface area (Å²) < 4.78 is 1.76. The van der Waals surface area contributed by atoms with E-state index >= 15 is 0 Å². The third-order valence-electron chi connectivity index (χ3n) is 2.51. The van der Waals surface area contributed by atoms with Crippen molar-refractivity contribution in [1.82, 2.24) is 14.8 Å². The van der Waals surface area contributed by atoms with Crippen molar-refractivity contribution in [2.45, 2.75) is 13.8 Å². The summed E-state index contributed by atoms with van der Waals surface area (Å²) in [6, 6.07) is 5.83. The second kappa shape index (κ2) is 3.38. The van der Waals surface area contributed by atoms with Gasteiger partial charge in [0.05, 0.1) is 0 Å². The van der Waals surface area contributed by atoms with Crippen LogP contribution in [0.1, 0.15) is 11.4 Å². The van der Waals surface area contributed by atoms with E-state index < -0.39 is 0 Å². The van der Waals surface area contributed by atoms with Gasteiger partial charge < -0.3 is 5.73 Å². The topological polar surface area (TPSA) is 56.7 Å². The van der Waals surface area contributed by atoms with Crippen LogP contribution < -0.4 is 5.73 Å². The van der Waals surface area contributed by atoms with Gasteiger partial charge in [0, 0.05) is 18.3 Å². The molecule has 2 aromatic rings. The van der Waals surface area contributed by atoms with E-state index in [0.29, 0.717) is 0 Å². The smallest absolute Gasteiger partial charge is 0.181 e. The van der Waals surface area contributed by atoms with E-state index in [9.17, 15) is 0 Å². The summed E-state index contributed by atoms with van der Waals surface area (Å²) >= 11 is 0. The number of nitrogens with two attached hydrogens (primary N) is 1. The van der Waals surface area contributed by atoms with Crippen LogP contribution in [0.5, 0.6) is 0 Å². The first-order valence-corrected chi connectivity index (χ1v) is 4.82. The van der Waals surface area contributed by atoms with Crippen molar-refractivity contribution in [2.24, 2.45) is 7.05 Å². The van der Waals surface area contributed by atoms with Crippen LogP contribution in [0.25, 0.3) is 11.4 Å². The van der Waals surface area contributed by atoms with Crippen molar-refractivity contribution in [2.75, 3.05) is 5.73 Å². The fraction of sp³-hybridized carbons (Fsp3) is 0.273. The molecule has 0 amide bonds. The molecule has 0 saturated carbocycles. The lowest BCUT2D eigenvalue weighted by Gasteiger charge is -2.01. The summed E-state index contributed by atoms with van der Waals surface area (Å²) in [5.41, 5.74) is 8.61. The molecule has 78 valence electrons. The molecule has 4 heteroatoms. The summed E-state index contributed by atoms with van der Waals surface area (Å²) in [4.78, 5) is 4.36. The van der Waals surface area contributed by atoms with E-state index in [1.807, 2.05) is 39.1 Å². The first-order valence-electron chi connectivity index (χ1n) is 4.82. The predicted octanol–water partition coefficient (Wildman–Crippen LogP) is 1.68. The molecule has 1 heterocycles. The molecule has 4 nitrogen and oxygen atoms in total. The van der Waals surface area contributed by atoms with E-state index in [-0.39, 0.29) is 0 Å². The second-order valence-corrected chi connectivity index (χ2v) is 3.68. The Hall–Kier alpha value is -1.84. The highest BCUT2D eigenvalue weighted by atomic mass is 15.3. The molecule has 0 bridgehead atoms. The SMILES string of the molecule is Cc1cc(-c2nc(C)n(C)n2)ccc1N. The van der Waals surface area contributed by atoms with Gasteiger partial charge in [-0.15, -0.1) is 0 Å². The molecule has 2 rings (SSSR count). The average Bonchev–Trinajstić information content (AvgIpc) is 2.52. The molecule has 0 fully saturated rings. The number of aromatic nitrogens is 3. The van der Waals surface area contributed by atoms with Crippen LogP contribution in [0.3, 0.4) is 0 Å². The quantitative estimate of drug-likeness (QED) is 0.716. The highest BCUT2D eigenvalue weighted by Gasteiger charge is 2.06. The van der Waals surface area contributed by atoms with Crippen molar-refractivity contribution < 1.29 is 0 Å². The van der Waals surface area contributed by atoms with Crippen LogP contribution in [0.2, 0.25) is 0 Å². The van der Waals surface area contributed by atoms with Crippen LogP contribution in [0.15, 0.2) is 18.2 Å². The maximum Gasteiger partial charge on any atom is 0.181 e. The molecule has 0 spiro atoms. The molecule has 1 aromatic heterocycles. The monoisotopic (exact) mass is 202 g/mol.